The standard InChI is InChI=1S/C44H52ClF2N7O6/c1-43(2,3)59-41(56)26-17-21-53(22-18-26)23-27-15-19-49-39(36(27)46)51-33-10-8-9-31(37(33)47)38-35(45)30(16-20-48-38)32-13-11-28(40(52-32)58-7)24-54(42(57)60-44(4,5)6)25-29-12-14-34(55)50-29/h8-11,13,15-16,19-20,26,29H,12,14,17-18,21-25H2,1-7H3,(H,49,51)(H,50,55)/t29-/m0/s1. The number of methoxy groups -OCH3 is 1. The fraction of sp³-hybridized carbons (Fsp3) is 0.455. The van der Waals surface area contributed by atoms with Crippen molar-refractivity contribution in [3.8, 4) is 28.4 Å². The number of halogens is 3. The lowest BCUT2D eigenvalue weighted by Crippen LogP contribution is -2.43. The molecule has 13 nitrogen and oxygen atoms in total. The van der Waals surface area contributed by atoms with Crippen LogP contribution in [0.15, 0.2) is 54.9 Å². The van der Waals surface area contributed by atoms with Crippen LogP contribution in [-0.4, -0.2) is 86.7 Å². The highest BCUT2D eigenvalue weighted by atomic mass is 35.5. The lowest BCUT2D eigenvalue weighted by atomic mass is 9.96. The number of nitrogens with one attached hydrogen (secondary N) is 2. The molecule has 0 bridgehead atoms. The third-order valence-electron chi connectivity index (χ3n) is 10.0. The normalized spacial score (nSPS) is 16.3. The minimum atomic E-state index is -0.741. The molecule has 5 heterocycles. The van der Waals surface area contributed by atoms with Gasteiger partial charge in [-0.1, -0.05) is 17.7 Å². The molecule has 2 amide bonds. The molecule has 0 saturated carbocycles. The Labute approximate surface area is 354 Å². The van der Waals surface area contributed by atoms with E-state index in [1.807, 2.05) is 20.8 Å². The van der Waals surface area contributed by atoms with Gasteiger partial charge in [0, 0.05) is 60.2 Å². The molecule has 320 valence electrons. The smallest absolute Gasteiger partial charge is 0.410 e. The molecule has 2 aliphatic heterocycles. The topological polar surface area (TPSA) is 148 Å². The number of rotatable bonds is 12. The second-order valence-corrected chi connectivity index (χ2v) is 17.4. The van der Waals surface area contributed by atoms with Gasteiger partial charge in [-0.05, 0) is 110 Å². The summed E-state index contributed by atoms with van der Waals surface area (Å²) in [6.07, 6.45) is 4.60. The molecule has 2 fully saturated rings. The van der Waals surface area contributed by atoms with Crippen molar-refractivity contribution in [3.05, 3.63) is 82.6 Å². The van der Waals surface area contributed by atoms with Crippen LogP contribution < -0.4 is 15.4 Å². The summed E-state index contributed by atoms with van der Waals surface area (Å²) in [6.45, 7) is 12.7. The number of anilines is 2. The molecule has 2 N–H and O–H groups in total. The van der Waals surface area contributed by atoms with Gasteiger partial charge in [0.1, 0.15) is 11.2 Å². The molecule has 0 radical (unpaired) electrons. The largest absolute Gasteiger partial charge is 0.481 e. The Bertz CT molecular complexity index is 2220. The number of likely N-dealkylation sites (tertiary alicyclic amines) is 1. The van der Waals surface area contributed by atoms with Gasteiger partial charge in [-0.2, -0.15) is 0 Å². The van der Waals surface area contributed by atoms with Crippen molar-refractivity contribution >= 4 is 41.1 Å². The van der Waals surface area contributed by atoms with Crippen LogP contribution in [0, 0.1) is 17.6 Å². The molecule has 4 aromatic rings. The zero-order chi connectivity index (χ0) is 43.4. The second kappa shape index (κ2) is 18.5. The van der Waals surface area contributed by atoms with E-state index < -0.39 is 28.9 Å². The summed E-state index contributed by atoms with van der Waals surface area (Å²) in [4.78, 5) is 54.6. The van der Waals surface area contributed by atoms with Crippen LogP contribution in [0.4, 0.5) is 25.1 Å². The van der Waals surface area contributed by atoms with Gasteiger partial charge in [-0.3, -0.25) is 19.5 Å². The molecule has 6 rings (SSSR count). The molecule has 2 saturated heterocycles. The monoisotopic (exact) mass is 847 g/mol. The SMILES string of the molecule is COc1nc(-c2ccnc(-c3cccc(Nc4nccc(CN5CCC(C(=O)OC(C)(C)C)CC5)c4F)c3F)c2Cl)ccc1CN(C[C@@H]1CCC(=O)N1)C(=O)OC(C)(C)C. The molecule has 1 atom stereocenters. The van der Waals surface area contributed by atoms with E-state index >= 15 is 8.78 Å². The van der Waals surface area contributed by atoms with Crippen molar-refractivity contribution in [2.75, 3.05) is 32.1 Å². The van der Waals surface area contributed by atoms with Gasteiger partial charge < -0.3 is 29.7 Å². The molecule has 0 spiro atoms. The van der Waals surface area contributed by atoms with Crippen LogP contribution in [-0.2, 0) is 32.2 Å². The Morgan fingerprint density at radius 2 is 1.63 bits per heavy atom. The fourth-order valence-corrected chi connectivity index (χ4v) is 7.46. The Kier molecular flexibility index (Phi) is 13.6. The van der Waals surface area contributed by atoms with Crippen molar-refractivity contribution in [2.45, 2.75) is 97.6 Å². The molecule has 16 heteroatoms. The summed E-state index contributed by atoms with van der Waals surface area (Å²) < 4.78 is 49.1. The summed E-state index contributed by atoms with van der Waals surface area (Å²) in [5.74, 6) is -1.73. The predicted octanol–water partition coefficient (Wildman–Crippen LogP) is 8.46. The summed E-state index contributed by atoms with van der Waals surface area (Å²) >= 11 is 6.95. The van der Waals surface area contributed by atoms with Crippen molar-refractivity contribution < 1.29 is 37.4 Å². The first-order valence-corrected chi connectivity index (χ1v) is 20.4. The highest BCUT2D eigenvalue weighted by molar-refractivity contribution is 6.35. The van der Waals surface area contributed by atoms with Gasteiger partial charge in [-0.25, -0.2) is 23.5 Å². The lowest BCUT2D eigenvalue weighted by Gasteiger charge is -2.32. The average molecular weight is 848 g/mol. The zero-order valence-electron chi connectivity index (χ0n) is 35.0. The summed E-state index contributed by atoms with van der Waals surface area (Å²) in [6, 6.07) is 11.1. The van der Waals surface area contributed by atoms with E-state index in [0.29, 0.717) is 67.7 Å². The van der Waals surface area contributed by atoms with Crippen LogP contribution in [0.2, 0.25) is 5.02 Å². The van der Waals surface area contributed by atoms with Gasteiger partial charge in [0.15, 0.2) is 17.5 Å². The number of piperidine rings is 1. The van der Waals surface area contributed by atoms with Crippen molar-refractivity contribution in [2.24, 2.45) is 5.92 Å². The van der Waals surface area contributed by atoms with E-state index in [4.69, 9.17) is 30.8 Å². The molecular formula is C44H52ClF2N7O6. The van der Waals surface area contributed by atoms with Gasteiger partial charge in [0.2, 0.25) is 11.8 Å². The van der Waals surface area contributed by atoms with Gasteiger partial charge >= 0.3 is 12.1 Å². The number of hydrogen-bond donors (Lipinski definition) is 2. The molecule has 0 aliphatic carbocycles. The number of carbonyl (C=O) groups excluding carboxylic acids is 3. The van der Waals surface area contributed by atoms with Crippen LogP contribution in [0.1, 0.15) is 78.4 Å². The number of amides is 2. The third-order valence-corrected chi connectivity index (χ3v) is 10.4. The van der Waals surface area contributed by atoms with Gasteiger partial charge in [-0.15, -0.1) is 0 Å². The Hall–Kier alpha value is -5.41. The first kappa shape index (κ1) is 44.2. The lowest BCUT2D eigenvalue weighted by molar-refractivity contribution is -0.161. The Morgan fingerprint density at radius 1 is 0.917 bits per heavy atom. The maximum Gasteiger partial charge on any atom is 0.410 e. The number of aromatic nitrogens is 3. The summed E-state index contributed by atoms with van der Waals surface area (Å²) in [7, 11) is 1.46. The van der Waals surface area contributed by atoms with Crippen LogP contribution in [0.3, 0.4) is 0 Å². The Morgan fingerprint density at radius 3 is 2.30 bits per heavy atom. The van der Waals surface area contributed by atoms with Gasteiger partial charge in [0.25, 0.3) is 0 Å². The molecule has 1 aromatic carbocycles. The number of esters is 1. The minimum absolute atomic E-state index is 0.0339. The van der Waals surface area contributed by atoms with Crippen LogP contribution >= 0.6 is 11.6 Å². The predicted molar refractivity (Wildman–Crippen MR) is 224 cm³/mol. The van der Waals surface area contributed by atoms with E-state index in [-0.39, 0.29) is 70.6 Å². The van der Waals surface area contributed by atoms with E-state index in [2.05, 4.69) is 25.5 Å². The molecular weight excluding hydrogens is 796 g/mol. The summed E-state index contributed by atoms with van der Waals surface area (Å²) in [5.41, 5.74) is 0.672. The highest BCUT2D eigenvalue weighted by Gasteiger charge is 2.31. The van der Waals surface area contributed by atoms with Gasteiger partial charge in [0.05, 0.1) is 41.7 Å². The van der Waals surface area contributed by atoms with E-state index in [9.17, 15) is 14.4 Å². The molecule has 2 aliphatic rings. The van der Waals surface area contributed by atoms with Crippen molar-refractivity contribution in [3.63, 3.8) is 0 Å². The van der Waals surface area contributed by atoms with Crippen LogP contribution in [0.25, 0.3) is 22.5 Å². The van der Waals surface area contributed by atoms with Crippen molar-refractivity contribution in [1.29, 1.82) is 0 Å². The Balaban J connectivity index is 1.18. The minimum Gasteiger partial charge on any atom is -0.481 e. The van der Waals surface area contributed by atoms with E-state index in [0.717, 1.165) is 0 Å². The number of carbonyl (C=O) groups is 3. The summed E-state index contributed by atoms with van der Waals surface area (Å²) in [5, 5.41) is 5.84. The number of ether oxygens (including phenoxy) is 3. The first-order valence-electron chi connectivity index (χ1n) is 20.0. The molecule has 60 heavy (non-hydrogen) atoms. The van der Waals surface area contributed by atoms with E-state index in [1.165, 1.54) is 36.5 Å². The van der Waals surface area contributed by atoms with E-state index in [1.54, 1.807) is 51.1 Å². The molecule has 3 aromatic heterocycles. The maximum absolute atomic E-state index is 16.3. The molecule has 0 unspecified atom stereocenters. The maximum atomic E-state index is 16.3. The zero-order valence-corrected chi connectivity index (χ0v) is 35.8. The van der Waals surface area contributed by atoms with Crippen LogP contribution in [0.5, 0.6) is 5.88 Å². The average Bonchev–Trinajstić information content (AvgIpc) is 3.60. The quantitative estimate of drug-likeness (QED) is 0.132. The second-order valence-electron chi connectivity index (χ2n) is 17.1. The first-order chi connectivity index (χ1) is 28.4. The number of pyridine rings is 3. The van der Waals surface area contributed by atoms with Crippen molar-refractivity contribution in [1.82, 2.24) is 30.1 Å². The third kappa shape index (κ3) is 11.0. The number of benzene rings is 1. The fourth-order valence-electron chi connectivity index (χ4n) is 7.15. The number of hydrogen-bond acceptors (Lipinski definition) is 11. The highest BCUT2D eigenvalue weighted by Crippen LogP contribution is 2.38. The number of nitrogens with zero attached hydrogens (tertiary/aromatic N) is 5.